The average Bonchev–Trinajstić information content (AvgIpc) is 2.88. The molecule has 8 nitrogen and oxygen atoms in total. The molecule has 0 unspecified atom stereocenters. The molecule has 0 radical (unpaired) electrons. The van der Waals surface area contributed by atoms with Gasteiger partial charge >= 0.3 is 0 Å². The van der Waals surface area contributed by atoms with Crippen LogP contribution in [0.25, 0.3) is 0 Å². The van der Waals surface area contributed by atoms with E-state index in [9.17, 15) is 21.6 Å². The first-order valence-corrected chi connectivity index (χ1v) is 15.2. The summed E-state index contributed by atoms with van der Waals surface area (Å²) in [4.78, 5) is 12.6. The maximum atomic E-state index is 13.0. The number of benzene rings is 4. The van der Waals surface area contributed by atoms with Gasteiger partial charge in [-0.25, -0.2) is 16.8 Å². The van der Waals surface area contributed by atoms with E-state index in [0.29, 0.717) is 22.1 Å². The van der Waals surface area contributed by atoms with Gasteiger partial charge in [-0.2, -0.15) is 0 Å². The number of carbonyl (C=O) groups is 1. The number of rotatable bonds is 8. The standard InChI is InChI=1S/C27H23Cl2N3O5S2/c1-17-7-9-21(16-24(17)29)31-38(34,35)22-12-10-20(11-13-22)30-27(33)19-8-14-23(28)26(15-19)39(36,37)32-25-6-4-3-5-18(25)2/h3-16,31-32H,1-2H3,(H,30,33). The third-order valence-corrected chi connectivity index (χ3v) is 9.37. The molecule has 1 amide bonds. The van der Waals surface area contributed by atoms with Crippen molar-refractivity contribution in [2.45, 2.75) is 23.6 Å². The van der Waals surface area contributed by atoms with Crippen molar-refractivity contribution in [3.05, 3.63) is 112 Å². The lowest BCUT2D eigenvalue weighted by atomic mass is 10.2. The first-order chi connectivity index (χ1) is 18.4. The van der Waals surface area contributed by atoms with Gasteiger partial charge in [0.25, 0.3) is 26.0 Å². The van der Waals surface area contributed by atoms with Crippen LogP contribution in [0.1, 0.15) is 21.5 Å². The molecular formula is C27H23Cl2N3O5S2. The summed E-state index contributed by atoms with van der Waals surface area (Å²) < 4.78 is 56.5. The molecule has 39 heavy (non-hydrogen) atoms. The Hall–Kier alpha value is -3.57. The molecule has 0 aliphatic carbocycles. The van der Waals surface area contributed by atoms with Gasteiger partial charge in [-0.05, 0) is 85.6 Å². The predicted octanol–water partition coefficient (Wildman–Crippen LogP) is 6.46. The maximum absolute atomic E-state index is 13.0. The summed E-state index contributed by atoms with van der Waals surface area (Å²) in [7, 11) is -8.00. The minimum atomic E-state index is -4.09. The molecule has 4 rings (SSSR count). The number of aryl methyl sites for hydroxylation is 2. The number of halogens is 2. The quantitative estimate of drug-likeness (QED) is 0.213. The van der Waals surface area contributed by atoms with Crippen LogP contribution in [0.15, 0.2) is 94.7 Å². The smallest absolute Gasteiger partial charge is 0.263 e. The van der Waals surface area contributed by atoms with Crippen LogP contribution < -0.4 is 14.8 Å². The Kier molecular flexibility index (Phi) is 8.22. The van der Waals surface area contributed by atoms with Gasteiger partial charge in [-0.3, -0.25) is 14.2 Å². The van der Waals surface area contributed by atoms with E-state index in [1.165, 1.54) is 48.5 Å². The van der Waals surface area contributed by atoms with Gasteiger partial charge in [0.15, 0.2) is 0 Å². The molecule has 0 fully saturated rings. The molecular weight excluding hydrogens is 581 g/mol. The fraction of sp³-hybridized carbons (Fsp3) is 0.0741. The third kappa shape index (κ3) is 6.72. The Labute approximate surface area is 237 Å². The zero-order valence-corrected chi connectivity index (χ0v) is 23.8. The Morgan fingerprint density at radius 3 is 2.00 bits per heavy atom. The minimum Gasteiger partial charge on any atom is -0.322 e. The highest BCUT2D eigenvalue weighted by Crippen LogP contribution is 2.27. The van der Waals surface area contributed by atoms with Crippen molar-refractivity contribution in [2.24, 2.45) is 0 Å². The second-order valence-electron chi connectivity index (χ2n) is 8.61. The van der Waals surface area contributed by atoms with Crippen molar-refractivity contribution in [1.82, 2.24) is 0 Å². The molecule has 3 N–H and O–H groups in total. The minimum absolute atomic E-state index is 0.0284. The largest absolute Gasteiger partial charge is 0.322 e. The van der Waals surface area contributed by atoms with Crippen LogP contribution in [0.4, 0.5) is 17.1 Å². The van der Waals surface area contributed by atoms with Crippen molar-refractivity contribution < 1.29 is 21.6 Å². The number of amides is 1. The number of nitrogens with one attached hydrogen (secondary N) is 3. The lowest BCUT2D eigenvalue weighted by molar-refractivity contribution is 0.102. The van der Waals surface area contributed by atoms with Gasteiger partial charge in [0.1, 0.15) is 4.90 Å². The highest BCUT2D eigenvalue weighted by molar-refractivity contribution is 7.93. The summed E-state index contributed by atoms with van der Waals surface area (Å²) >= 11 is 12.2. The average molecular weight is 605 g/mol. The highest BCUT2D eigenvalue weighted by Gasteiger charge is 2.21. The lowest BCUT2D eigenvalue weighted by Gasteiger charge is -2.13. The Balaban J connectivity index is 1.50. The second kappa shape index (κ2) is 11.3. The van der Waals surface area contributed by atoms with E-state index in [2.05, 4.69) is 14.8 Å². The summed E-state index contributed by atoms with van der Waals surface area (Å²) in [5.74, 6) is -0.609. The fourth-order valence-corrected chi connectivity index (χ4v) is 6.42. The van der Waals surface area contributed by atoms with Gasteiger partial charge < -0.3 is 5.32 Å². The molecule has 12 heteroatoms. The van der Waals surface area contributed by atoms with Crippen molar-refractivity contribution in [3.8, 4) is 0 Å². The topological polar surface area (TPSA) is 121 Å². The van der Waals surface area contributed by atoms with E-state index < -0.39 is 26.0 Å². The van der Waals surface area contributed by atoms with Crippen molar-refractivity contribution in [2.75, 3.05) is 14.8 Å². The van der Waals surface area contributed by atoms with Crippen molar-refractivity contribution in [3.63, 3.8) is 0 Å². The van der Waals surface area contributed by atoms with Gasteiger partial charge in [0, 0.05) is 16.3 Å². The summed E-state index contributed by atoms with van der Waals surface area (Å²) in [6, 6.07) is 21.1. The normalized spacial score (nSPS) is 11.6. The molecule has 0 aromatic heterocycles. The molecule has 0 saturated carbocycles. The number of carbonyl (C=O) groups excluding carboxylic acids is 1. The third-order valence-electron chi connectivity index (χ3n) is 5.72. The van der Waals surface area contributed by atoms with E-state index in [1.54, 1.807) is 50.2 Å². The maximum Gasteiger partial charge on any atom is 0.263 e. The van der Waals surface area contributed by atoms with Crippen LogP contribution >= 0.6 is 23.2 Å². The van der Waals surface area contributed by atoms with Gasteiger partial charge in [0.2, 0.25) is 0 Å². The molecule has 0 saturated heterocycles. The van der Waals surface area contributed by atoms with E-state index in [4.69, 9.17) is 23.2 Å². The van der Waals surface area contributed by atoms with E-state index >= 15 is 0 Å². The Bertz CT molecular complexity index is 1780. The van der Waals surface area contributed by atoms with Crippen LogP contribution in [0.3, 0.4) is 0 Å². The summed E-state index contributed by atoms with van der Waals surface area (Å²) in [6.45, 7) is 3.56. The number of sulfonamides is 2. The highest BCUT2D eigenvalue weighted by atomic mass is 35.5. The van der Waals surface area contributed by atoms with E-state index in [0.717, 1.165) is 11.1 Å². The molecule has 0 spiro atoms. The van der Waals surface area contributed by atoms with Gasteiger partial charge in [-0.15, -0.1) is 0 Å². The molecule has 0 aliphatic rings. The number of hydrogen-bond donors (Lipinski definition) is 3. The molecule has 4 aromatic carbocycles. The summed E-state index contributed by atoms with van der Waals surface area (Å²) in [6.07, 6.45) is 0. The Morgan fingerprint density at radius 1 is 0.667 bits per heavy atom. The summed E-state index contributed by atoms with van der Waals surface area (Å²) in [5.41, 5.74) is 2.57. The summed E-state index contributed by atoms with van der Waals surface area (Å²) in [5, 5.41) is 3.00. The first kappa shape index (κ1) is 28.4. The fourth-order valence-electron chi connectivity index (χ4n) is 3.53. The predicted molar refractivity (Wildman–Crippen MR) is 155 cm³/mol. The second-order valence-corrected chi connectivity index (χ2v) is 12.8. The van der Waals surface area contributed by atoms with Crippen LogP contribution in [0.5, 0.6) is 0 Å². The van der Waals surface area contributed by atoms with Crippen LogP contribution in [-0.2, 0) is 20.0 Å². The van der Waals surface area contributed by atoms with Crippen LogP contribution in [0.2, 0.25) is 10.0 Å². The number of para-hydroxylation sites is 1. The monoisotopic (exact) mass is 603 g/mol. The van der Waals surface area contributed by atoms with Crippen LogP contribution in [0, 0.1) is 13.8 Å². The molecule has 0 aliphatic heterocycles. The zero-order valence-electron chi connectivity index (χ0n) is 20.7. The molecule has 202 valence electrons. The number of hydrogen-bond acceptors (Lipinski definition) is 5. The van der Waals surface area contributed by atoms with Crippen LogP contribution in [-0.4, -0.2) is 22.7 Å². The molecule has 0 atom stereocenters. The molecule has 4 aromatic rings. The first-order valence-electron chi connectivity index (χ1n) is 11.4. The Morgan fingerprint density at radius 2 is 1.33 bits per heavy atom. The van der Waals surface area contributed by atoms with Gasteiger partial charge in [-0.1, -0.05) is 47.5 Å². The lowest BCUT2D eigenvalue weighted by Crippen LogP contribution is -2.17. The SMILES string of the molecule is Cc1ccc(NS(=O)(=O)c2ccc(NC(=O)c3ccc(Cl)c(S(=O)(=O)Nc4ccccc4C)c3)cc2)cc1Cl. The number of anilines is 3. The van der Waals surface area contributed by atoms with E-state index in [1.807, 2.05) is 0 Å². The molecule has 0 bridgehead atoms. The zero-order chi connectivity index (χ0) is 28.4. The van der Waals surface area contributed by atoms with Crippen molar-refractivity contribution in [1.29, 1.82) is 0 Å². The van der Waals surface area contributed by atoms with Crippen molar-refractivity contribution >= 4 is 66.2 Å². The van der Waals surface area contributed by atoms with Gasteiger partial charge in [0.05, 0.1) is 21.3 Å². The molecule has 0 heterocycles. The van der Waals surface area contributed by atoms with E-state index in [-0.39, 0.29) is 20.4 Å².